The third-order valence-corrected chi connectivity index (χ3v) is 6.43. The summed E-state index contributed by atoms with van der Waals surface area (Å²) in [6.45, 7) is 3.28. The van der Waals surface area contributed by atoms with Crippen molar-refractivity contribution >= 4 is 16.8 Å². The number of hydrogen-bond donors (Lipinski definition) is 2. The lowest BCUT2D eigenvalue weighted by molar-refractivity contribution is -0.0606. The summed E-state index contributed by atoms with van der Waals surface area (Å²) >= 11 is 0. The highest BCUT2D eigenvalue weighted by atomic mass is 19.1. The lowest BCUT2D eigenvalue weighted by Crippen LogP contribution is -2.36. The van der Waals surface area contributed by atoms with E-state index in [1.54, 1.807) is 18.3 Å². The molecule has 8 heteroatoms. The molecule has 2 aliphatic rings. The molecule has 0 saturated carbocycles. The number of rotatable bonds is 6. The quantitative estimate of drug-likeness (QED) is 0.579. The number of nitrogens with zero attached hydrogens (tertiary/aromatic N) is 3. The van der Waals surface area contributed by atoms with Crippen molar-refractivity contribution in [3.63, 3.8) is 0 Å². The number of halogens is 1. The molecule has 4 heterocycles. The highest BCUT2D eigenvalue weighted by Gasteiger charge is 2.28. The Morgan fingerprint density at radius 3 is 2.78 bits per heavy atom. The monoisotopic (exact) mass is 438 g/mol. The zero-order valence-corrected chi connectivity index (χ0v) is 17.9. The maximum absolute atomic E-state index is 13.3. The zero-order chi connectivity index (χ0) is 22.1. The average Bonchev–Trinajstić information content (AvgIpc) is 3.16. The second kappa shape index (κ2) is 8.97. The Morgan fingerprint density at radius 1 is 1.22 bits per heavy atom. The molecule has 0 aliphatic carbocycles. The number of hydrogen-bond acceptors (Lipinski definition) is 5. The Hall–Kier alpha value is -2.81. The summed E-state index contributed by atoms with van der Waals surface area (Å²) in [6, 6.07) is 6.97. The Morgan fingerprint density at radius 2 is 2.00 bits per heavy atom. The van der Waals surface area contributed by atoms with Crippen LogP contribution < -0.4 is 5.32 Å². The van der Waals surface area contributed by atoms with Crippen molar-refractivity contribution < 1.29 is 19.1 Å². The fraction of sp³-hybridized carbons (Fsp3) is 0.417. The van der Waals surface area contributed by atoms with Gasteiger partial charge in [-0.1, -0.05) is 12.1 Å². The molecule has 0 bridgehead atoms. The maximum atomic E-state index is 13.3. The SMILES string of the molecule is O=C1c2ncc3c(c(CCNC4CCOCC4)cn3Cc3ccc(F)cc3)c2CCN1O. The number of carbonyl (C=O) groups is 1. The molecular formula is C24H27FN4O3. The molecule has 168 valence electrons. The molecule has 3 aromatic rings. The van der Waals surface area contributed by atoms with E-state index in [0.717, 1.165) is 71.7 Å². The molecule has 2 aliphatic heterocycles. The van der Waals surface area contributed by atoms with E-state index in [2.05, 4.69) is 21.1 Å². The number of ether oxygens (including phenoxy) is 1. The summed E-state index contributed by atoms with van der Waals surface area (Å²) in [4.78, 5) is 16.9. The van der Waals surface area contributed by atoms with Gasteiger partial charge in [0.1, 0.15) is 11.5 Å². The van der Waals surface area contributed by atoms with Crippen molar-refractivity contribution in [2.24, 2.45) is 0 Å². The van der Waals surface area contributed by atoms with Gasteiger partial charge in [0.05, 0.1) is 18.3 Å². The van der Waals surface area contributed by atoms with Crippen molar-refractivity contribution in [3.05, 3.63) is 64.9 Å². The molecule has 2 aromatic heterocycles. The molecule has 32 heavy (non-hydrogen) atoms. The van der Waals surface area contributed by atoms with E-state index in [0.29, 0.717) is 24.7 Å². The molecule has 0 atom stereocenters. The molecule has 0 radical (unpaired) electrons. The van der Waals surface area contributed by atoms with E-state index < -0.39 is 5.91 Å². The molecule has 7 nitrogen and oxygen atoms in total. The summed E-state index contributed by atoms with van der Waals surface area (Å²) < 4.78 is 20.9. The summed E-state index contributed by atoms with van der Waals surface area (Å²) in [5, 5.41) is 15.3. The normalized spacial score (nSPS) is 17.2. The highest BCUT2D eigenvalue weighted by Crippen LogP contribution is 2.30. The van der Waals surface area contributed by atoms with Crippen LogP contribution in [0.25, 0.3) is 10.9 Å². The van der Waals surface area contributed by atoms with Gasteiger partial charge in [-0.3, -0.25) is 10.0 Å². The molecule has 1 amide bonds. The number of nitrogens with one attached hydrogen (secondary N) is 1. The Kier molecular flexibility index (Phi) is 5.91. The van der Waals surface area contributed by atoms with Crippen LogP contribution in [0.15, 0.2) is 36.7 Å². The number of pyridine rings is 1. The first kappa shape index (κ1) is 21.1. The minimum absolute atomic E-state index is 0.256. The second-order valence-electron chi connectivity index (χ2n) is 8.52. The third kappa shape index (κ3) is 4.13. The van der Waals surface area contributed by atoms with E-state index in [1.807, 2.05) is 0 Å². The summed E-state index contributed by atoms with van der Waals surface area (Å²) in [6.07, 6.45) is 7.25. The van der Waals surface area contributed by atoms with Crippen molar-refractivity contribution in [2.75, 3.05) is 26.3 Å². The van der Waals surface area contributed by atoms with Crippen LogP contribution in [0.4, 0.5) is 4.39 Å². The predicted molar refractivity (Wildman–Crippen MR) is 117 cm³/mol. The predicted octanol–water partition coefficient (Wildman–Crippen LogP) is 2.92. The van der Waals surface area contributed by atoms with E-state index in [9.17, 15) is 14.4 Å². The van der Waals surface area contributed by atoms with Gasteiger partial charge in [0.2, 0.25) is 0 Å². The summed E-state index contributed by atoms with van der Waals surface area (Å²) in [5.41, 5.74) is 4.32. The van der Waals surface area contributed by atoms with Gasteiger partial charge in [-0.25, -0.2) is 14.4 Å². The third-order valence-electron chi connectivity index (χ3n) is 6.43. The summed E-state index contributed by atoms with van der Waals surface area (Å²) in [7, 11) is 0. The zero-order valence-electron chi connectivity index (χ0n) is 17.9. The standard InChI is InChI=1S/C24H27FN4O3/c25-18-3-1-16(2-4-18)14-28-15-17(5-9-26-19-7-11-32-12-8-19)22-20-6-10-29(31)24(30)23(20)27-13-21(22)28/h1-4,13,15,19,26,31H,5-12,14H2. The smallest absolute Gasteiger partial charge is 0.296 e. The van der Waals surface area contributed by atoms with Crippen LogP contribution in [-0.4, -0.2) is 58.1 Å². The van der Waals surface area contributed by atoms with Gasteiger partial charge in [0.15, 0.2) is 0 Å². The first-order valence-corrected chi connectivity index (χ1v) is 11.2. The van der Waals surface area contributed by atoms with Crippen molar-refractivity contribution in [3.8, 4) is 0 Å². The Labute approximate surface area is 185 Å². The van der Waals surface area contributed by atoms with Gasteiger partial charge < -0.3 is 14.6 Å². The van der Waals surface area contributed by atoms with Gasteiger partial charge >= 0.3 is 0 Å². The van der Waals surface area contributed by atoms with Gasteiger partial charge in [0.25, 0.3) is 5.91 Å². The first-order chi connectivity index (χ1) is 15.6. The molecule has 0 unspecified atom stereocenters. The fourth-order valence-corrected chi connectivity index (χ4v) is 4.73. The van der Waals surface area contributed by atoms with Gasteiger partial charge in [-0.05, 0) is 61.1 Å². The average molecular weight is 439 g/mol. The molecule has 2 N–H and O–H groups in total. The second-order valence-corrected chi connectivity index (χ2v) is 8.52. The topological polar surface area (TPSA) is 79.6 Å². The minimum Gasteiger partial charge on any atom is -0.381 e. The van der Waals surface area contributed by atoms with E-state index >= 15 is 0 Å². The number of fused-ring (bicyclic) bond motifs is 3. The lowest BCUT2D eigenvalue weighted by Gasteiger charge is -2.24. The molecule has 1 fully saturated rings. The molecule has 0 spiro atoms. The van der Waals surface area contributed by atoms with Crippen LogP contribution in [0.2, 0.25) is 0 Å². The van der Waals surface area contributed by atoms with Crippen LogP contribution in [0.1, 0.15) is 40.0 Å². The Balaban J connectivity index is 1.48. The van der Waals surface area contributed by atoms with Crippen LogP contribution >= 0.6 is 0 Å². The van der Waals surface area contributed by atoms with Gasteiger partial charge in [-0.15, -0.1) is 0 Å². The van der Waals surface area contributed by atoms with Crippen molar-refractivity contribution in [2.45, 2.75) is 38.3 Å². The van der Waals surface area contributed by atoms with E-state index in [4.69, 9.17) is 4.74 Å². The fourth-order valence-electron chi connectivity index (χ4n) is 4.73. The van der Waals surface area contributed by atoms with Crippen LogP contribution in [0.5, 0.6) is 0 Å². The minimum atomic E-state index is -0.453. The maximum Gasteiger partial charge on any atom is 0.296 e. The molecule has 1 aromatic carbocycles. The molecular weight excluding hydrogens is 411 g/mol. The molecule has 1 saturated heterocycles. The van der Waals surface area contributed by atoms with Crippen LogP contribution in [0.3, 0.4) is 0 Å². The van der Waals surface area contributed by atoms with Gasteiger partial charge in [-0.2, -0.15) is 0 Å². The number of amides is 1. The number of hydroxylamine groups is 2. The summed E-state index contributed by atoms with van der Waals surface area (Å²) in [5.74, 6) is -0.709. The van der Waals surface area contributed by atoms with E-state index in [-0.39, 0.29) is 12.4 Å². The van der Waals surface area contributed by atoms with Crippen molar-refractivity contribution in [1.29, 1.82) is 0 Å². The number of benzene rings is 1. The number of carbonyl (C=O) groups excluding carboxylic acids is 1. The molecule has 5 rings (SSSR count). The largest absolute Gasteiger partial charge is 0.381 e. The van der Waals surface area contributed by atoms with Gasteiger partial charge in [0, 0.05) is 37.4 Å². The first-order valence-electron chi connectivity index (χ1n) is 11.2. The Bertz CT molecular complexity index is 1120. The number of aromatic nitrogens is 2. The van der Waals surface area contributed by atoms with Crippen molar-refractivity contribution in [1.82, 2.24) is 19.9 Å². The van der Waals surface area contributed by atoms with Crippen LogP contribution in [-0.2, 0) is 24.1 Å². The van der Waals surface area contributed by atoms with E-state index in [1.165, 1.54) is 12.1 Å². The van der Waals surface area contributed by atoms with Crippen LogP contribution in [0, 0.1) is 5.82 Å². The highest BCUT2D eigenvalue weighted by molar-refractivity contribution is 6.00. The lowest BCUT2D eigenvalue weighted by atomic mass is 9.98.